The molecule has 1 aliphatic heterocycles. The minimum atomic E-state index is -0.0521. The van der Waals surface area contributed by atoms with Crippen molar-refractivity contribution in [2.45, 2.75) is 32.7 Å². The molecule has 6 heteroatoms. The third kappa shape index (κ3) is 5.46. The maximum atomic E-state index is 12.7. The number of amides is 2. The van der Waals surface area contributed by atoms with Crippen LogP contribution >= 0.6 is 0 Å². The first kappa shape index (κ1) is 19.2. The molecule has 2 rings (SSSR count). The van der Waals surface area contributed by atoms with Crippen LogP contribution in [0.15, 0.2) is 24.3 Å². The second-order valence-electron chi connectivity index (χ2n) is 6.75. The third-order valence-electron chi connectivity index (χ3n) is 4.32. The summed E-state index contributed by atoms with van der Waals surface area (Å²) in [6, 6.07) is 7.75. The highest BCUT2D eigenvalue weighted by molar-refractivity contribution is 5.79. The maximum Gasteiger partial charge on any atom is 0.224 e. The van der Waals surface area contributed by atoms with Gasteiger partial charge in [0, 0.05) is 44.6 Å². The highest BCUT2D eigenvalue weighted by Gasteiger charge is 2.29. The number of methoxy groups -OCH3 is 1. The highest BCUT2D eigenvalue weighted by atomic mass is 16.5. The van der Waals surface area contributed by atoms with E-state index in [1.54, 1.807) is 7.11 Å². The second kappa shape index (κ2) is 9.42. The van der Waals surface area contributed by atoms with E-state index in [0.29, 0.717) is 38.4 Å². The van der Waals surface area contributed by atoms with Crippen LogP contribution < -0.4 is 15.4 Å². The number of rotatable bonds is 7. The van der Waals surface area contributed by atoms with E-state index in [9.17, 15) is 9.59 Å². The van der Waals surface area contributed by atoms with Crippen LogP contribution in [0.5, 0.6) is 5.75 Å². The molecule has 2 amide bonds. The molecule has 1 saturated heterocycles. The van der Waals surface area contributed by atoms with Gasteiger partial charge in [0.2, 0.25) is 11.8 Å². The molecule has 1 unspecified atom stereocenters. The van der Waals surface area contributed by atoms with E-state index < -0.39 is 0 Å². The monoisotopic (exact) mass is 347 g/mol. The quantitative estimate of drug-likeness (QED) is 0.788. The number of benzene rings is 1. The number of ether oxygens (including phenoxy) is 1. The van der Waals surface area contributed by atoms with Crippen molar-refractivity contribution in [3.05, 3.63) is 29.8 Å². The molecule has 2 N–H and O–H groups in total. The lowest BCUT2D eigenvalue weighted by Crippen LogP contribution is -2.49. The fourth-order valence-corrected chi connectivity index (χ4v) is 3.12. The van der Waals surface area contributed by atoms with Gasteiger partial charge in [0.15, 0.2) is 0 Å². The lowest BCUT2D eigenvalue weighted by atomic mass is 10.0. The highest BCUT2D eigenvalue weighted by Crippen LogP contribution is 2.30. The number of piperazine rings is 1. The van der Waals surface area contributed by atoms with Crippen molar-refractivity contribution in [2.24, 2.45) is 5.92 Å². The molecule has 0 saturated carbocycles. The Balaban J connectivity index is 1.98. The number of para-hydroxylation sites is 1. The fraction of sp³-hybridized carbons (Fsp3) is 0.579. The smallest absolute Gasteiger partial charge is 0.224 e. The predicted octanol–water partition coefficient (Wildman–Crippen LogP) is 1.72. The van der Waals surface area contributed by atoms with Gasteiger partial charge in [-0.25, -0.2) is 0 Å². The Labute approximate surface area is 149 Å². The van der Waals surface area contributed by atoms with E-state index in [1.807, 2.05) is 43.0 Å². The van der Waals surface area contributed by atoms with Gasteiger partial charge in [-0.05, 0) is 12.0 Å². The summed E-state index contributed by atoms with van der Waals surface area (Å²) in [6.07, 6.45) is 0.807. The standard InChI is InChI=1S/C19H29N3O3/c1-14(2)12-18(23)21-9-8-19(24)22-11-10-20-13-16(22)15-6-4-5-7-17(15)25-3/h4-7,14,16,20H,8-13H2,1-3H3,(H,21,23). The van der Waals surface area contributed by atoms with Crippen molar-refractivity contribution in [3.8, 4) is 5.75 Å². The zero-order valence-corrected chi connectivity index (χ0v) is 15.4. The van der Waals surface area contributed by atoms with Crippen LogP contribution in [0.2, 0.25) is 0 Å². The van der Waals surface area contributed by atoms with Crippen LogP contribution in [0.25, 0.3) is 0 Å². The molecule has 0 aliphatic carbocycles. The Morgan fingerprint density at radius 3 is 2.84 bits per heavy atom. The van der Waals surface area contributed by atoms with Crippen molar-refractivity contribution >= 4 is 11.8 Å². The Bertz CT molecular complexity index is 589. The van der Waals surface area contributed by atoms with Crippen molar-refractivity contribution in [2.75, 3.05) is 33.3 Å². The summed E-state index contributed by atoms with van der Waals surface area (Å²) in [6.45, 7) is 6.52. The van der Waals surface area contributed by atoms with Crippen molar-refractivity contribution in [1.82, 2.24) is 15.5 Å². The Morgan fingerprint density at radius 2 is 2.12 bits per heavy atom. The summed E-state index contributed by atoms with van der Waals surface area (Å²) in [4.78, 5) is 26.3. The molecule has 0 radical (unpaired) electrons. The van der Waals surface area contributed by atoms with E-state index in [2.05, 4.69) is 10.6 Å². The molecule has 1 heterocycles. The zero-order chi connectivity index (χ0) is 18.2. The molecule has 0 bridgehead atoms. The lowest BCUT2D eigenvalue weighted by molar-refractivity contribution is -0.134. The van der Waals surface area contributed by atoms with E-state index in [4.69, 9.17) is 4.74 Å². The van der Waals surface area contributed by atoms with Crippen molar-refractivity contribution in [1.29, 1.82) is 0 Å². The minimum Gasteiger partial charge on any atom is -0.496 e. The van der Waals surface area contributed by atoms with Crippen LogP contribution in [0, 0.1) is 5.92 Å². The first-order valence-corrected chi connectivity index (χ1v) is 8.92. The Kier molecular flexibility index (Phi) is 7.25. The van der Waals surface area contributed by atoms with E-state index in [-0.39, 0.29) is 17.9 Å². The Hall–Kier alpha value is -2.08. The maximum absolute atomic E-state index is 12.7. The van der Waals surface area contributed by atoms with Gasteiger partial charge in [-0.2, -0.15) is 0 Å². The predicted molar refractivity (Wildman–Crippen MR) is 97.4 cm³/mol. The number of nitrogens with one attached hydrogen (secondary N) is 2. The zero-order valence-electron chi connectivity index (χ0n) is 15.4. The van der Waals surface area contributed by atoms with Gasteiger partial charge in [0.25, 0.3) is 0 Å². The molecule has 25 heavy (non-hydrogen) atoms. The molecule has 1 aliphatic rings. The van der Waals surface area contributed by atoms with Crippen LogP contribution in [0.4, 0.5) is 0 Å². The van der Waals surface area contributed by atoms with Crippen LogP contribution in [0.3, 0.4) is 0 Å². The molecule has 1 fully saturated rings. The molecule has 0 aromatic heterocycles. The number of carbonyl (C=O) groups is 2. The summed E-state index contributed by atoms with van der Waals surface area (Å²) < 4.78 is 5.45. The van der Waals surface area contributed by atoms with Gasteiger partial charge in [0.05, 0.1) is 13.2 Å². The SMILES string of the molecule is COc1ccccc1C1CNCCN1C(=O)CCNC(=O)CC(C)C. The molecule has 1 aromatic carbocycles. The van der Waals surface area contributed by atoms with E-state index >= 15 is 0 Å². The summed E-state index contributed by atoms with van der Waals surface area (Å²) in [5, 5.41) is 6.18. The molecular formula is C19H29N3O3. The summed E-state index contributed by atoms with van der Waals surface area (Å²) in [5.41, 5.74) is 1.01. The lowest BCUT2D eigenvalue weighted by Gasteiger charge is -2.37. The van der Waals surface area contributed by atoms with Gasteiger partial charge < -0.3 is 20.3 Å². The van der Waals surface area contributed by atoms with Gasteiger partial charge in [-0.3, -0.25) is 9.59 Å². The van der Waals surface area contributed by atoms with Crippen molar-refractivity contribution < 1.29 is 14.3 Å². The van der Waals surface area contributed by atoms with E-state index in [1.165, 1.54) is 0 Å². The van der Waals surface area contributed by atoms with Crippen LogP contribution in [-0.2, 0) is 9.59 Å². The van der Waals surface area contributed by atoms with Gasteiger partial charge in [0.1, 0.15) is 5.75 Å². The van der Waals surface area contributed by atoms with E-state index in [0.717, 1.165) is 17.9 Å². The summed E-state index contributed by atoms with van der Waals surface area (Å²) in [5.74, 6) is 1.17. The topological polar surface area (TPSA) is 70.7 Å². The number of hydrogen-bond acceptors (Lipinski definition) is 4. The van der Waals surface area contributed by atoms with Gasteiger partial charge in [-0.1, -0.05) is 32.0 Å². The molecule has 1 aromatic rings. The Morgan fingerprint density at radius 1 is 1.36 bits per heavy atom. The number of nitrogens with zero attached hydrogens (tertiary/aromatic N) is 1. The molecular weight excluding hydrogens is 318 g/mol. The average molecular weight is 347 g/mol. The normalized spacial score (nSPS) is 17.4. The second-order valence-corrected chi connectivity index (χ2v) is 6.75. The molecule has 0 spiro atoms. The minimum absolute atomic E-state index is 0.00406. The molecule has 138 valence electrons. The first-order chi connectivity index (χ1) is 12.0. The van der Waals surface area contributed by atoms with Gasteiger partial charge >= 0.3 is 0 Å². The number of hydrogen-bond donors (Lipinski definition) is 2. The van der Waals surface area contributed by atoms with Crippen LogP contribution in [-0.4, -0.2) is 50.0 Å². The molecule has 1 atom stereocenters. The summed E-state index contributed by atoms with van der Waals surface area (Å²) in [7, 11) is 1.64. The average Bonchev–Trinajstić information content (AvgIpc) is 2.61. The number of carbonyl (C=O) groups excluding carboxylic acids is 2. The van der Waals surface area contributed by atoms with Gasteiger partial charge in [-0.15, -0.1) is 0 Å². The summed E-state index contributed by atoms with van der Waals surface area (Å²) >= 11 is 0. The molecule has 6 nitrogen and oxygen atoms in total. The van der Waals surface area contributed by atoms with Crippen molar-refractivity contribution in [3.63, 3.8) is 0 Å². The fourth-order valence-electron chi connectivity index (χ4n) is 3.12. The first-order valence-electron chi connectivity index (χ1n) is 8.92. The largest absolute Gasteiger partial charge is 0.496 e. The third-order valence-corrected chi connectivity index (χ3v) is 4.32. The van der Waals surface area contributed by atoms with Crippen LogP contribution in [0.1, 0.15) is 38.3 Å².